The van der Waals surface area contributed by atoms with E-state index < -0.39 is 13.5 Å². The molecule has 0 aromatic carbocycles. The maximum Gasteiger partial charge on any atom is 0.462 e. The van der Waals surface area contributed by atoms with Gasteiger partial charge in [-0.05, 0) is 37.7 Å². The van der Waals surface area contributed by atoms with Crippen molar-refractivity contribution in [2.75, 3.05) is 54.9 Å². The van der Waals surface area contributed by atoms with Crippen LogP contribution in [0.1, 0.15) is 89.0 Å². The second kappa shape index (κ2) is 18.4. The Morgan fingerprint density at radius 2 is 1.15 bits per heavy atom. The van der Waals surface area contributed by atoms with Crippen molar-refractivity contribution in [3.63, 3.8) is 0 Å². The van der Waals surface area contributed by atoms with E-state index in [-0.39, 0.29) is 36.0 Å². The lowest BCUT2D eigenvalue weighted by molar-refractivity contribution is 0.0445. The van der Waals surface area contributed by atoms with E-state index in [1.54, 1.807) is 14.2 Å². The van der Waals surface area contributed by atoms with Crippen molar-refractivity contribution >= 4 is 27.7 Å². The quantitative estimate of drug-likeness (QED) is 0.440. The molecular formula is C25H60B4O10-2. The van der Waals surface area contributed by atoms with Gasteiger partial charge in [0.05, 0.1) is 0 Å². The first-order valence-corrected chi connectivity index (χ1v) is 14.0. The van der Waals surface area contributed by atoms with E-state index in [1.807, 2.05) is 34.6 Å². The highest BCUT2D eigenvalue weighted by Gasteiger charge is 2.37. The summed E-state index contributed by atoms with van der Waals surface area (Å²) in [6.07, 6.45) is 1.92. The van der Waals surface area contributed by atoms with Crippen molar-refractivity contribution in [1.82, 2.24) is 0 Å². The van der Waals surface area contributed by atoms with Crippen molar-refractivity contribution in [2.24, 2.45) is 0 Å². The molecule has 0 amide bonds. The standard InChI is InChI=1S/C7H15BO2.C6H14BO3.C6H16BO3.C6H15BO2/c1-7(2,3)8-9-5-4-6-10-8;1-6(2)7(8)9-4-3-5-10-7;1-6(2,3)7(8,9-4)10-5;1-6(2,3)7(8-4)9-5/h4-6H2,1-3H3;6,8H,3-5H2,1-2H3;8H,1-5H3;1-5H3/q;2*-1;. The van der Waals surface area contributed by atoms with Crippen LogP contribution in [-0.2, 0) is 37.2 Å². The van der Waals surface area contributed by atoms with Crippen LogP contribution in [0.15, 0.2) is 0 Å². The van der Waals surface area contributed by atoms with E-state index >= 15 is 0 Å². The SMILES string of the molecule is CC(C)(C)B1OCCCO1.CC(C)[B-]1(O)OCCCO1.COB(OC)C(C)(C)C.CO[B-](O)(OC)C(C)(C)C. The fourth-order valence-corrected chi connectivity index (χ4v) is 3.59. The van der Waals surface area contributed by atoms with Gasteiger partial charge in [0.25, 0.3) is 0 Å². The first-order valence-electron chi connectivity index (χ1n) is 14.0. The molecule has 0 unspecified atom stereocenters. The Morgan fingerprint density at radius 1 is 0.769 bits per heavy atom. The molecule has 14 heteroatoms. The van der Waals surface area contributed by atoms with Gasteiger partial charge in [0.2, 0.25) is 0 Å². The number of hydrogen-bond acceptors (Lipinski definition) is 10. The third-order valence-electron chi connectivity index (χ3n) is 6.25. The van der Waals surface area contributed by atoms with Gasteiger partial charge in [-0.3, -0.25) is 0 Å². The second-order valence-corrected chi connectivity index (χ2v) is 13.5. The maximum atomic E-state index is 9.58. The predicted molar refractivity (Wildman–Crippen MR) is 163 cm³/mol. The van der Waals surface area contributed by atoms with Gasteiger partial charge in [0.15, 0.2) is 0 Å². The molecule has 0 aromatic rings. The first-order chi connectivity index (χ1) is 17.6. The Balaban J connectivity index is 0. The molecule has 0 spiro atoms. The van der Waals surface area contributed by atoms with Crippen LogP contribution < -0.4 is 0 Å². The molecule has 2 rings (SSSR count). The van der Waals surface area contributed by atoms with E-state index in [9.17, 15) is 10.0 Å². The highest BCUT2D eigenvalue weighted by atomic mass is 16.7. The monoisotopic (exact) mass is 564 g/mol. The summed E-state index contributed by atoms with van der Waals surface area (Å²) in [6.45, 7) is 20.8. The molecule has 0 saturated carbocycles. The molecule has 2 aliphatic heterocycles. The zero-order valence-corrected chi connectivity index (χ0v) is 27.8. The van der Waals surface area contributed by atoms with E-state index in [1.165, 1.54) is 14.2 Å². The summed E-state index contributed by atoms with van der Waals surface area (Å²) in [7, 11) is 6.08. The molecule has 0 bridgehead atoms. The maximum absolute atomic E-state index is 9.58. The summed E-state index contributed by atoms with van der Waals surface area (Å²) in [5.74, 6) is 0.0558. The smallest absolute Gasteiger partial charge is 0.462 e. The van der Waals surface area contributed by atoms with Gasteiger partial charge in [-0.1, -0.05) is 87.3 Å². The topological polar surface area (TPSA) is 114 Å². The van der Waals surface area contributed by atoms with Crippen LogP contribution in [0.5, 0.6) is 0 Å². The third-order valence-corrected chi connectivity index (χ3v) is 6.25. The van der Waals surface area contributed by atoms with Crippen LogP contribution in [0.4, 0.5) is 0 Å². The largest absolute Gasteiger partial charge is 0.559 e. The van der Waals surface area contributed by atoms with Crippen molar-refractivity contribution in [2.45, 2.75) is 111 Å². The van der Waals surface area contributed by atoms with E-state index in [0.29, 0.717) is 13.2 Å². The Morgan fingerprint density at radius 3 is 1.31 bits per heavy atom. The normalized spacial score (nSPS) is 18.2. The lowest BCUT2D eigenvalue weighted by atomic mass is 9.54. The molecule has 10 nitrogen and oxygen atoms in total. The van der Waals surface area contributed by atoms with Crippen LogP contribution in [0.2, 0.25) is 21.8 Å². The first kappa shape index (κ1) is 41.0. The molecule has 2 aliphatic rings. The van der Waals surface area contributed by atoms with E-state index in [4.69, 9.17) is 37.2 Å². The van der Waals surface area contributed by atoms with Crippen molar-refractivity contribution in [3.05, 3.63) is 0 Å². The van der Waals surface area contributed by atoms with Crippen LogP contribution >= 0.6 is 0 Å². The van der Waals surface area contributed by atoms with Crippen molar-refractivity contribution < 1.29 is 47.3 Å². The average molecular weight is 564 g/mol. The van der Waals surface area contributed by atoms with Crippen molar-refractivity contribution in [3.8, 4) is 0 Å². The van der Waals surface area contributed by atoms with E-state index in [2.05, 4.69) is 41.5 Å². The predicted octanol–water partition coefficient (Wildman–Crippen LogP) is 5.05. The molecule has 39 heavy (non-hydrogen) atoms. The van der Waals surface area contributed by atoms with Crippen LogP contribution in [-0.4, -0.2) is 92.7 Å². The molecule has 2 fully saturated rings. The van der Waals surface area contributed by atoms with Gasteiger partial charge in [0.1, 0.15) is 0 Å². The van der Waals surface area contributed by atoms with Gasteiger partial charge in [0, 0.05) is 40.6 Å². The zero-order valence-electron chi connectivity index (χ0n) is 27.8. The number of rotatable bonds is 5. The summed E-state index contributed by atoms with van der Waals surface area (Å²) in [5, 5.41) is 19.0. The number of hydrogen-bond donors (Lipinski definition) is 2. The molecule has 0 aromatic heterocycles. The zero-order chi connectivity index (χ0) is 31.1. The van der Waals surface area contributed by atoms with E-state index in [0.717, 1.165) is 26.1 Å². The Bertz CT molecular complexity index is 601. The van der Waals surface area contributed by atoms with Crippen LogP contribution in [0, 0.1) is 0 Å². The molecule has 2 heterocycles. The summed E-state index contributed by atoms with van der Waals surface area (Å²) in [5.41, 5.74) is 0. The third kappa shape index (κ3) is 16.2. The summed E-state index contributed by atoms with van der Waals surface area (Å²) >= 11 is 0. The Labute approximate surface area is 240 Å². The minimum absolute atomic E-state index is 0.00116. The summed E-state index contributed by atoms with van der Waals surface area (Å²) in [4.78, 5) is 0. The molecule has 0 aliphatic carbocycles. The summed E-state index contributed by atoms with van der Waals surface area (Å²) < 4.78 is 40.9. The van der Waals surface area contributed by atoms with Crippen LogP contribution in [0.25, 0.3) is 0 Å². The van der Waals surface area contributed by atoms with Crippen molar-refractivity contribution in [1.29, 1.82) is 0 Å². The van der Waals surface area contributed by atoms with Gasteiger partial charge >= 0.3 is 27.7 Å². The van der Waals surface area contributed by atoms with Gasteiger partial charge in [-0.25, -0.2) is 0 Å². The van der Waals surface area contributed by atoms with Gasteiger partial charge < -0.3 is 47.3 Å². The minimum Gasteiger partial charge on any atom is -0.559 e. The Hall–Kier alpha value is -0.140. The fourth-order valence-electron chi connectivity index (χ4n) is 3.59. The highest BCUT2D eigenvalue weighted by molar-refractivity contribution is 6.62. The van der Waals surface area contributed by atoms with Gasteiger partial charge in [-0.2, -0.15) is 0 Å². The van der Waals surface area contributed by atoms with Gasteiger partial charge in [-0.15, -0.1) is 0 Å². The molecule has 234 valence electrons. The lowest BCUT2D eigenvalue weighted by Crippen LogP contribution is -2.49. The average Bonchev–Trinajstić information content (AvgIpc) is 2.84. The molecule has 2 saturated heterocycles. The van der Waals surface area contributed by atoms with Crippen LogP contribution in [0.3, 0.4) is 0 Å². The summed E-state index contributed by atoms with van der Waals surface area (Å²) in [6, 6.07) is 0. The lowest BCUT2D eigenvalue weighted by Gasteiger charge is -2.43. The minimum atomic E-state index is -2.12. The molecule has 0 radical (unpaired) electrons. The highest BCUT2D eigenvalue weighted by Crippen LogP contribution is 2.34. The Kier molecular flexibility index (Phi) is 19.4. The fraction of sp³-hybridized carbons (Fsp3) is 1.00. The second-order valence-electron chi connectivity index (χ2n) is 13.5. The molecule has 2 N–H and O–H groups in total. The molecule has 0 atom stereocenters. The molecular weight excluding hydrogens is 504 g/mol.